The fourth-order valence-corrected chi connectivity index (χ4v) is 3.01. The molecule has 0 radical (unpaired) electrons. The van der Waals surface area contributed by atoms with Crippen LogP contribution in [0.4, 0.5) is 4.79 Å². The minimum atomic E-state index is -0.773. The Morgan fingerprint density at radius 3 is 2.72 bits per heavy atom. The number of rotatable bonds is 5. The minimum Gasteiger partial charge on any atom is -0.448 e. The Morgan fingerprint density at radius 1 is 1.32 bits per heavy atom. The van der Waals surface area contributed by atoms with Gasteiger partial charge in [0.25, 0.3) is 5.91 Å². The number of nitrogens with zero attached hydrogens (tertiary/aromatic N) is 2. The van der Waals surface area contributed by atoms with Crippen LogP contribution in [-0.2, 0) is 18.2 Å². The van der Waals surface area contributed by atoms with Crippen LogP contribution in [0, 0.1) is 0 Å². The molecule has 2 amide bonds. The topological polar surface area (TPSA) is 85.2 Å². The molecule has 2 aromatic rings. The molecule has 2 rings (SSSR count). The summed E-state index contributed by atoms with van der Waals surface area (Å²) in [5.74, 6) is -0.493. The number of halogens is 2. The summed E-state index contributed by atoms with van der Waals surface area (Å²) in [4.78, 5) is 27.7. The molecule has 1 aromatic heterocycles. The molecule has 134 valence electrons. The van der Waals surface area contributed by atoms with Crippen molar-refractivity contribution < 1.29 is 14.3 Å². The van der Waals surface area contributed by atoms with Gasteiger partial charge in [0.15, 0.2) is 5.16 Å². The summed E-state index contributed by atoms with van der Waals surface area (Å²) in [6.07, 6.45) is 2.94. The van der Waals surface area contributed by atoms with Crippen LogP contribution in [0.5, 0.6) is 0 Å². The molecule has 0 atom stereocenters. The van der Waals surface area contributed by atoms with E-state index in [1.807, 2.05) is 6.26 Å². The fourth-order valence-electron chi connectivity index (χ4n) is 1.98. The zero-order valence-electron chi connectivity index (χ0n) is 13.5. The normalized spacial score (nSPS) is 10.4. The van der Waals surface area contributed by atoms with Gasteiger partial charge in [-0.05, 0) is 24.0 Å². The first kappa shape index (κ1) is 19.4. The molecule has 10 heteroatoms. The van der Waals surface area contributed by atoms with Gasteiger partial charge in [-0.3, -0.25) is 10.2 Å². The van der Waals surface area contributed by atoms with Crippen molar-refractivity contribution in [3.63, 3.8) is 0 Å². The summed E-state index contributed by atoms with van der Waals surface area (Å²) < 4.78 is 6.61. The fraction of sp³-hybridized carbons (Fsp3) is 0.267. The van der Waals surface area contributed by atoms with E-state index in [1.54, 1.807) is 29.8 Å². The van der Waals surface area contributed by atoms with Crippen molar-refractivity contribution in [1.29, 1.82) is 0 Å². The number of amides is 2. The number of ether oxygens (including phenoxy) is 1. The Bertz CT molecular complexity index is 782. The van der Waals surface area contributed by atoms with Gasteiger partial charge in [-0.15, -0.1) is 0 Å². The summed E-state index contributed by atoms with van der Waals surface area (Å²) in [5, 5.41) is 1.73. The maximum atomic E-state index is 12.0. The van der Waals surface area contributed by atoms with Gasteiger partial charge in [0.1, 0.15) is 5.69 Å². The van der Waals surface area contributed by atoms with Crippen molar-refractivity contribution in [2.75, 3.05) is 12.9 Å². The molecule has 7 nitrogen and oxygen atoms in total. The lowest BCUT2D eigenvalue weighted by Crippen LogP contribution is -2.42. The van der Waals surface area contributed by atoms with Crippen molar-refractivity contribution in [2.45, 2.75) is 11.6 Å². The number of thioether (sulfide) groups is 1. The number of hydrogen-bond donors (Lipinski definition) is 2. The number of aromatic nitrogens is 2. The molecule has 0 aliphatic heterocycles. The van der Waals surface area contributed by atoms with Gasteiger partial charge in [0, 0.05) is 23.5 Å². The molecular formula is C15H16Cl2N4O3S. The number of imidazole rings is 1. The lowest BCUT2D eigenvalue weighted by molar-refractivity contribution is 0.0901. The van der Waals surface area contributed by atoms with Crippen LogP contribution >= 0.6 is 35.0 Å². The first-order valence-corrected chi connectivity index (χ1v) is 9.13. The summed E-state index contributed by atoms with van der Waals surface area (Å²) in [6, 6.07) is 5.09. The van der Waals surface area contributed by atoms with Gasteiger partial charge in [-0.25, -0.2) is 15.2 Å². The summed E-state index contributed by atoms with van der Waals surface area (Å²) in [5.41, 5.74) is 5.58. The summed E-state index contributed by atoms with van der Waals surface area (Å²) in [7, 11) is 1.71. The van der Waals surface area contributed by atoms with Crippen LogP contribution < -0.4 is 10.9 Å². The standard InChI is InChI=1S/C15H16Cl2N4O3S/c1-21-12(8-18-14(21)25-2)13(22)19-20-15(23)24-6-5-9-3-4-10(16)7-11(9)17/h3-4,7-8H,5-6H2,1-2H3,(H,19,22)(H,20,23). The van der Waals surface area contributed by atoms with E-state index >= 15 is 0 Å². The van der Waals surface area contributed by atoms with E-state index in [2.05, 4.69) is 15.8 Å². The Balaban J connectivity index is 1.76. The van der Waals surface area contributed by atoms with Gasteiger partial charge < -0.3 is 9.30 Å². The third kappa shape index (κ3) is 5.29. The van der Waals surface area contributed by atoms with E-state index in [9.17, 15) is 9.59 Å². The Kier molecular flexibility index (Phi) is 6.98. The van der Waals surface area contributed by atoms with E-state index in [0.717, 1.165) is 5.56 Å². The molecule has 1 heterocycles. The van der Waals surface area contributed by atoms with Crippen LogP contribution in [-0.4, -0.2) is 34.4 Å². The number of carbonyl (C=O) groups excluding carboxylic acids is 2. The van der Waals surface area contributed by atoms with Gasteiger partial charge in [-0.1, -0.05) is 41.0 Å². The van der Waals surface area contributed by atoms with Gasteiger partial charge in [-0.2, -0.15) is 0 Å². The highest BCUT2D eigenvalue weighted by Crippen LogP contribution is 2.21. The van der Waals surface area contributed by atoms with E-state index in [1.165, 1.54) is 18.0 Å². The van der Waals surface area contributed by atoms with Crippen molar-refractivity contribution in [3.05, 3.63) is 45.7 Å². The predicted molar refractivity (Wildman–Crippen MR) is 97.1 cm³/mol. The van der Waals surface area contributed by atoms with Crippen molar-refractivity contribution in [1.82, 2.24) is 20.4 Å². The van der Waals surface area contributed by atoms with E-state index in [4.69, 9.17) is 27.9 Å². The first-order valence-electron chi connectivity index (χ1n) is 7.15. The molecule has 25 heavy (non-hydrogen) atoms. The Hall–Kier alpha value is -1.90. The molecule has 2 N–H and O–H groups in total. The average Bonchev–Trinajstić information content (AvgIpc) is 2.95. The molecule has 0 unspecified atom stereocenters. The summed E-state index contributed by atoms with van der Waals surface area (Å²) in [6.45, 7) is 0.103. The smallest absolute Gasteiger partial charge is 0.426 e. The molecular weight excluding hydrogens is 387 g/mol. The van der Waals surface area contributed by atoms with Crippen LogP contribution in [0.25, 0.3) is 0 Å². The van der Waals surface area contributed by atoms with E-state index < -0.39 is 12.0 Å². The van der Waals surface area contributed by atoms with Gasteiger partial charge in [0.2, 0.25) is 0 Å². The van der Waals surface area contributed by atoms with Crippen molar-refractivity contribution >= 4 is 47.0 Å². The quantitative estimate of drug-likeness (QED) is 0.592. The highest BCUT2D eigenvalue weighted by molar-refractivity contribution is 7.98. The highest BCUT2D eigenvalue weighted by atomic mass is 35.5. The lowest BCUT2D eigenvalue weighted by Gasteiger charge is -2.09. The molecule has 1 aromatic carbocycles. The molecule has 0 saturated carbocycles. The van der Waals surface area contributed by atoms with E-state index in [-0.39, 0.29) is 6.61 Å². The minimum absolute atomic E-state index is 0.103. The number of nitrogens with one attached hydrogen (secondary N) is 2. The SMILES string of the molecule is CSc1ncc(C(=O)NNC(=O)OCCc2ccc(Cl)cc2Cl)n1C. The lowest BCUT2D eigenvalue weighted by atomic mass is 10.2. The van der Waals surface area contributed by atoms with Crippen LogP contribution in [0.2, 0.25) is 10.0 Å². The predicted octanol–water partition coefficient (Wildman–Crippen LogP) is 3.06. The summed E-state index contributed by atoms with van der Waals surface area (Å²) >= 11 is 13.3. The zero-order chi connectivity index (χ0) is 18.4. The van der Waals surface area contributed by atoms with Crippen LogP contribution in [0.3, 0.4) is 0 Å². The maximum Gasteiger partial charge on any atom is 0.426 e. The molecule has 0 spiro atoms. The highest BCUT2D eigenvalue weighted by Gasteiger charge is 2.14. The zero-order valence-corrected chi connectivity index (χ0v) is 15.8. The Labute approximate surface area is 159 Å². The number of hydrazine groups is 1. The third-order valence-electron chi connectivity index (χ3n) is 3.26. The first-order chi connectivity index (χ1) is 11.9. The second-order valence-corrected chi connectivity index (χ2v) is 6.51. The van der Waals surface area contributed by atoms with Crippen LogP contribution in [0.1, 0.15) is 16.1 Å². The second kappa shape index (κ2) is 8.98. The molecule has 0 aliphatic rings. The average molecular weight is 403 g/mol. The van der Waals surface area contributed by atoms with Crippen molar-refractivity contribution in [2.24, 2.45) is 7.05 Å². The molecule has 0 saturated heterocycles. The largest absolute Gasteiger partial charge is 0.448 e. The van der Waals surface area contributed by atoms with Gasteiger partial charge in [0.05, 0.1) is 12.8 Å². The van der Waals surface area contributed by atoms with Crippen LogP contribution in [0.15, 0.2) is 29.6 Å². The maximum absolute atomic E-state index is 12.0. The van der Waals surface area contributed by atoms with Gasteiger partial charge >= 0.3 is 6.09 Å². The van der Waals surface area contributed by atoms with E-state index in [0.29, 0.717) is 27.3 Å². The Morgan fingerprint density at radius 2 is 2.08 bits per heavy atom. The molecule has 0 aliphatic carbocycles. The number of carbonyl (C=O) groups is 2. The molecule has 0 bridgehead atoms. The second-order valence-electron chi connectivity index (χ2n) is 4.89. The third-order valence-corrected chi connectivity index (χ3v) is 4.59. The number of hydrogen-bond acceptors (Lipinski definition) is 5. The monoisotopic (exact) mass is 402 g/mol. The number of benzene rings is 1. The van der Waals surface area contributed by atoms with Crippen molar-refractivity contribution in [3.8, 4) is 0 Å². The molecule has 0 fully saturated rings.